The average Bonchev–Trinajstić information content (AvgIpc) is 2.41. The summed E-state index contributed by atoms with van der Waals surface area (Å²) in [6.07, 6.45) is -4.53. The molecule has 21 heavy (non-hydrogen) atoms. The Hall–Kier alpha value is -1.14. The lowest BCUT2D eigenvalue weighted by molar-refractivity contribution is -0.137. The number of halogens is 7. The monoisotopic (exact) mass is 384 g/mol. The van der Waals surface area contributed by atoms with E-state index in [-0.39, 0.29) is 15.6 Å². The van der Waals surface area contributed by atoms with E-state index >= 15 is 0 Å². The van der Waals surface area contributed by atoms with Crippen molar-refractivity contribution >= 4 is 27.5 Å². The van der Waals surface area contributed by atoms with Gasteiger partial charge in [0.25, 0.3) is 0 Å². The van der Waals surface area contributed by atoms with Gasteiger partial charge >= 0.3 is 6.18 Å². The fourth-order valence-corrected chi connectivity index (χ4v) is 2.40. The summed E-state index contributed by atoms with van der Waals surface area (Å²) in [5, 5.41) is -1.23. The van der Waals surface area contributed by atoms with Crippen LogP contribution in [-0.4, -0.2) is 0 Å². The molecular formula is C14H7BrClF5. The summed E-state index contributed by atoms with van der Waals surface area (Å²) in [6, 6.07) is 5.93. The molecule has 2 aromatic carbocycles. The maximum absolute atomic E-state index is 13.8. The van der Waals surface area contributed by atoms with Crippen LogP contribution in [-0.2, 0) is 6.18 Å². The molecule has 0 radical (unpaired) electrons. The minimum absolute atomic E-state index is 0.0344. The molecule has 0 aliphatic rings. The van der Waals surface area contributed by atoms with Gasteiger partial charge in [-0.25, -0.2) is 8.78 Å². The second-order valence-electron chi connectivity index (χ2n) is 4.27. The van der Waals surface area contributed by atoms with Crippen LogP contribution in [0, 0.1) is 11.6 Å². The highest BCUT2D eigenvalue weighted by Gasteiger charge is 2.31. The van der Waals surface area contributed by atoms with Crippen LogP contribution in [0.1, 0.15) is 22.1 Å². The SMILES string of the molecule is Fc1cc(C(Cl)c2cccc(C(F)(F)F)c2)c(F)cc1Br. The van der Waals surface area contributed by atoms with Gasteiger partial charge in [0, 0.05) is 5.56 Å². The lowest BCUT2D eigenvalue weighted by Crippen LogP contribution is -2.06. The molecule has 0 aliphatic carbocycles. The molecule has 0 aliphatic heterocycles. The highest BCUT2D eigenvalue weighted by molar-refractivity contribution is 9.10. The van der Waals surface area contributed by atoms with Gasteiger partial charge in [0.2, 0.25) is 0 Å². The van der Waals surface area contributed by atoms with E-state index in [1.165, 1.54) is 12.1 Å². The third-order valence-electron chi connectivity index (χ3n) is 2.82. The predicted molar refractivity (Wildman–Crippen MR) is 73.2 cm³/mol. The Balaban J connectivity index is 2.45. The van der Waals surface area contributed by atoms with Gasteiger partial charge in [-0.15, -0.1) is 11.6 Å². The average molecular weight is 386 g/mol. The lowest BCUT2D eigenvalue weighted by Gasteiger charge is -2.14. The first-order chi connectivity index (χ1) is 9.70. The van der Waals surface area contributed by atoms with Gasteiger partial charge in [0.05, 0.1) is 15.4 Å². The summed E-state index contributed by atoms with van der Waals surface area (Å²) in [4.78, 5) is 0. The first-order valence-corrected chi connectivity index (χ1v) is 6.88. The zero-order valence-electron chi connectivity index (χ0n) is 10.2. The number of hydrogen-bond acceptors (Lipinski definition) is 0. The molecule has 0 N–H and O–H groups in total. The molecule has 0 nitrogen and oxygen atoms in total. The summed E-state index contributed by atoms with van der Waals surface area (Å²) in [5.41, 5.74) is -1.09. The van der Waals surface area contributed by atoms with Crippen molar-refractivity contribution < 1.29 is 22.0 Å². The first-order valence-electron chi connectivity index (χ1n) is 5.66. The van der Waals surface area contributed by atoms with Crippen LogP contribution in [0.5, 0.6) is 0 Å². The van der Waals surface area contributed by atoms with E-state index in [0.29, 0.717) is 0 Å². The minimum Gasteiger partial charge on any atom is -0.207 e. The van der Waals surface area contributed by atoms with Gasteiger partial charge < -0.3 is 0 Å². The molecule has 0 fully saturated rings. The van der Waals surface area contributed by atoms with Crippen molar-refractivity contribution in [3.63, 3.8) is 0 Å². The number of benzene rings is 2. The summed E-state index contributed by atoms with van der Waals surface area (Å²) in [7, 11) is 0. The molecule has 0 amide bonds. The molecule has 0 spiro atoms. The molecule has 0 aromatic heterocycles. The summed E-state index contributed by atoms with van der Waals surface area (Å²) in [5.74, 6) is -1.55. The Morgan fingerprint density at radius 1 is 1.00 bits per heavy atom. The van der Waals surface area contributed by atoms with Crippen molar-refractivity contribution in [3.8, 4) is 0 Å². The number of alkyl halides is 4. The Kier molecular flexibility index (Phi) is 4.58. The van der Waals surface area contributed by atoms with Gasteiger partial charge in [-0.2, -0.15) is 13.2 Å². The number of hydrogen-bond donors (Lipinski definition) is 0. The molecule has 7 heteroatoms. The molecular weight excluding hydrogens is 379 g/mol. The normalized spacial score (nSPS) is 13.3. The minimum atomic E-state index is -4.53. The molecule has 0 heterocycles. The Bertz CT molecular complexity index is 669. The Labute approximate surface area is 130 Å². The van der Waals surface area contributed by atoms with Crippen molar-refractivity contribution in [3.05, 3.63) is 69.2 Å². The zero-order valence-corrected chi connectivity index (χ0v) is 12.5. The zero-order chi connectivity index (χ0) is 15.8. The fraction of sp³-hybridized carbons (Fsp3) is 0.143. The van der Waals surface area contributed by atoms with Crippen molar-refractivity contribution in [1.29, 1.82) is 0 Å². The van der Waals surface area contributed by atoms with Crippen molar-refractivity contribution in [2.45, 2.75) is 11.6 Å². The maximum Gasteiger partial charge on any atom is 0.416 e. The summed E-state index contributed by atoms with van der Waals surface area (Å²) >= 11 is 8.81. The van der Waals surface area contributed by atoms with Crippen LogP contribution in [0.25, 0.3) is 0 Å². The summed E-state index contributed by atoms with van der Waals surface area (Å²) in [6.45, 7) is 0. The third kappa shape index (κ3) is 3.55. The van der Waals surface area contributed by atoms with Gasteiger partial charge in [-0.1, -0.05) is 12.1 Å². The Morgan fingerprint density at radius 2 is 1.67 bits per heavy atom. The largest absolute Gasteiger partial charge is 0.416 e. The van der Waals surface area contributed by atoms with E-state index in [0.717, 1.165) is 24.3 Å². The van der Waals surface area contributed by atoms with E-state index in [2.05, 4.69) is 15.9 Å². The van der Waals surface area contributed by atoms with Gasteiger partial charge in [-0.3, -0.25) is 0 Å². The van der Waals surface area contributed by atoms with Crippen LogP contribution in [0.3, 0.4) is 0 Å². The Morgan fingerprint density at radius 3 is 2.29 bits per heavy atom. The summed E-state index contributed by atoms with van der Waals surface area (Å²) < 4.78 is 65.1. The predicted octanol–water partition coefficient (Wildman–Crippen LogP) is 6.07. The number of rotatable bonds is 2. The van der Waals surface area contributed by atoms with E-state index < -0.39 is 28.8 Å². The van der Waals surface area contributed by atoms with Gasteiger partial charge in [0.15, 0.2) is 0 Å². The molecule has 0 saturated heterocycles. The topological polar surface area (TPSA) is 0 Å². The quantitative estimate of drug-likeness (QED) is 0.334. The van der Waals surface area contributed by atoms with Crippen LogP contribution >= 0.6 is 27.5 Å². The van der Waals surface area contributed by atoms with Crippen LogP contribution in [0.15, 0.2) is 40.9 Å². The van der Waals surface area contributed by atoms with Crippen LogP contribution in [0.4, 0.5) is 22.0 Å². The second-order valence-corrected chi connectivity index (χ2v) is 5.56. The molecule has 1 atom stereocenters. The van der Waals surface area contributed by atoms with Crippen LogP contribution < -0.4 is 0 Å². The third-order valence-corrected chi connectivity index (χ3v) is 3.91. The molecule has 0 saturated carbocycles. The van der Waals surface area contributed by atoms with E-state index in [1.54, 1.807) is 0 Å². The van der Waals surface area contributed by atoms with Crippen LogP contribution in [0.2, 0.25) is 0 Å². The van der Waals surface area contributed by atoms with E-state index in [4.69, 9.17) is 11.6 Å². The molecule has 1 unspecified atom stereocenters. The molecule has 112 valence electrons. The van der Waals surface area contributed by atoms with Crippen molar-refractivity contribution in [2.75, 3.05) is 0 Å². The smallest absolute Gasteiger partial charge is 0.207 e. The molecule has 0 bridgehead atoms. The fourth-order valence-electron chi connectivity index (χ4n) is 1.78. The van der Waals surface area contributed by atoms with Gasteiger partial charge in [-0.05, 0) is 45.8 Å². The molecule has 2 aromatic rings. The van der Waals surface area contributed by atoms with Crippen molar-refractivity contribution in [1.82, 2.24) is 0 Å². The van der Waals surface area contributed by atoms with Crippen molar-refractivity contribution in [2.24, 2.45) is 0 Å². The van der Waals surface area contributed by atoms with E-state index in [9.17, 15) is 22.0 Å². The second kappa shape index (κ2) is 5.93. The first kappa shape index (κ1) is 16.2. The highest BCUT2D eigenvalue weighted by Crippen LogP contribution is 2.36. The highest BCUT2D eigenvalue weighted by atomic mass is 79.9. The standard InChI is InChI=1S/C14H7BrClF5/c15-10-6-11(17)9(5-12(10)18)13(16)7-2-1-3-8(4-7)14(19,20)21/h1-6,13H. The maximum atomic E-state index is 13.8. The molecule has 2 rings (SSSR count). The van der Waals surface area contributed by atoms with Gasteiger partial charge in [0.1, 0.15) is 11.6 Å². The van der Waals surface area contributed by atoms with E-state index in [1.807, 2.05) is 0 Å². The lowest BCUT2D eigenvalue weighted by atomic mass is 10.0.